The number of rotatable bonds is 5. The zero-order valence-corrected chi connectivity index (χ0v) is 11.2. The summed E-state index contributed by atoms with van der Waals surface area (Å²) in [6, 6.07) is 9.29. The molecule has 0 unspecified atom stereocenters. The third-order valence-corrected chi connectivity index (χ3v) is 2.62. The van der Waals surface area contributed by atoms with Crippen molar-refractivity contribution >= 4 is 23.5 Å². The van der Waals surface area contributed by atoms with Crippen LogP contribution in [0.5, 0.6) is 17.2 Å². The van der Waals surface area contributed by atoms with Crippen molar-refractivity contribution in [2.75, 3.05) is 12.8 Å². The number of ether oxygens (including phenoxy) is 2. The molecule has 0 radical (unpaired) electrons. The molecule has 0 amide bonds. The van der Waals surface area contributed by atoms with Crippen LogP contribution in [0.2, 0.25) is 0 Å². The number of aromatic hydroxyl groups is 1. The number of carbonyl (C=O) groups is 1. The highest BCUT2D eigenvalue weighted by Crippen LogP contribution is 2.32. The number of nitrogen functional groups attached to an aromatic ring is 1. The molecule has 2 aromatic carbocycles. The van der Waals surface area contributed by atoms with E-state index in [-0.39, 0.29) is 18.0 Å². The lowest BCUT2D eigenvalue weighted by atomic mass is 10.2. The molecule has 108 valence electrons. The lowest BCUT2D eigenvalue weighted by Gasteiger charge is -2.04. The van der Waals surface area contributed by atoms with E-state index in [1.165, 1.54) is 19.2 Å². The Morgan fingerprint density at radius 2 is 1.76 bits per heavy atom. The standard InChI is InChI=1S/C14H13N3O4/c1-20-14-7-10(2-4-11(14)15)17-16-9-3-5-13(21-8-18)12(19)6-9/h2-8,19H,15H2,1H3. The normalized spacial score (nSPS) is 10.5. The first-order valence-electron chi connectivity index (χ1n) is 5.92. The second-order valence-corrected chi connectivity index (χ2v) is 3.99. The fraction of sp³-hybridized carbons (Fsp3) is 0.0714. The zero-order chi connectivity index (χ0) is 15.2. The maximum atomic E-state index is 10.2. The van der Waals surface area contributed by atoms with E-state index in [2.05, 4.69) is 15.0 Å². The van der Waals surface area contributed by atoms with Crippen molar-refractivity contribution in [2.24, 2.45) is 10.2 Å². The first-order valence-corrected chi connectivity index (χ1v) is 5.92. The molecule has 2 aromatic rings. The van der Waals surface area contributed by atoms with Gasteiger partial charge in [-0.2, -0.15) is 10.2 Å². The van der Waals surface area contributed by atoms with Crippen molar-refractivity contribution in [3.63, 3.8) is 0 Å². The number of hydrogen-bond acceptors (Lipinski definition) is 7. The molecule has 0 saturated heterocycles. The Morgan fingerprint density at radius 3 is 2.38 bits per heavy atom. The molecule has 2 rings (SSSR count). The van der Waals surface area contributed by atoms with Gasteiger partial charge in [-0.25, -0.2) is 0 Å². The molecule has 21 heavy (non-hydrogen) atoms. The molecule has 0 aliphatic heterocycles. The van der Waals surface area contributed by atoms with Gasteiger partial charge >= 0.3 is 0 Å². The highest BCUT2D eigenvalue weighted by atomic mass is 16.5. The third kappa shape index (κ3) is 3.47. The highest BCUT2D eigenvalue weighted by Gasteiger charge is 2.04. The molecule has 0 aliphatic rings. The van der Waals surface area contributed by atoms with Crippen LogP contribution in [0.1, 0.15) is 0 Å². The van der Waals surface area contributed by atoms with Crippen LogP contribution < -0.4 is 15.2 Å². The van der Waals surface area contributed by atoms with Crippen LogP contribution in [-0.4, -0.2) is 18.7 Å². The maximum absolute atomic E-state index is 10.2. The van der Waals surface area contributed by atoms with Crippen LogP contribution in [0.15, 0.2) is 46.6 Å². The molecule has 0 aromatic heterocycles. The molecular formula is C14H13N3O4. The molecule has 7 nitrogen and oxygen atoms in total. The molecule has 0 spiro atoms. The number of hydrogen-bond donors (Lipinski definition) is 2. The lowest BCUT2D eigenvalue weighted by Crippen LogP contribution is -1.90. The van der Waals surface area contributed by atoms with Crippen molar-refractivity contribution < 1.29 is 19.4 Å². The van der Waals surface area contributed by atoms with Crippen LogP contribution in [0.3, 0.4) is 0 Å². The number of carbonyl (C=O) groups excluding carboxylic acids is 1. The van der Waals surface area contributed by atoms with Crippen LogP contribution in [0.4, 0.5) is 17.1 Å². The van der Waals surface area contributed by atoms with E-state index in [4.69, 9.17) is 10.5 Å². The van der Waals surface area contributed by atoms with Crippen molar-refractivity contribution in [1.82, 2.24) is 0 Å². The summed E-state index contributed by atoms with van der Waals surface area (Å²) in [5.41, 5.74) is 7.16. The van der Waals surface area contributed by atoms with Gasteiger partial charge < -0.3 is 20.3 Å². The summed E-state index contributed by atoms with van der Waals surface area (Å²) in [7, 11) is 1.51. The van der Waals surface area contributed by atoms with Gasteiger partial charge in [0.15, 0.2) is 11.5 Å². The van der Waals surface area contributed by atoms with Crippen molar-refractivity contribution in [3.05, 3.63) is 36.4 Å². The Hall–Kier alpha value is -3.09. The number of nitrogens with zero attached hydrogens (tertiary/aromatic N) is 2. The molecule has 3 N–H and O–H groups in total. The SMILES string of the molecule is COc1cc(N=Nc2ccc(OC=O)c(O)c2)ccc1N. The zero-order valence-electron chi connectivity index (χ0n) is 11.2. The Kier molecular flexibility index (Phi) is 4.35. The van der Waals surface area contributed by atoms with Crippen molar-refractivity contribution in [3.8, 4) is 17.2 Å². The second-order valence-electron chi connectivity index (χ2n) is 3.99. The monoisotopic (exact) mass is 287 g/mol. The predicted octanol–water partition coefficient (Wildman–Crippen LogP) is 2.93. The van der Waals surface area contributed by atoms with E-state index in [0.29, 0.717) is 22.8 Å². The van der Waals surface area contributed by atoms with Crippen LogP contribution in [0.25, 0.3) is 0 Å². The number of azo groups is 1. The van der Waals surface area contributed by atoms with Gasteiger partial charge in [-0.05, 0) is 24.3 Å². The van der Waals surface area contributed by atoms with Gasteiger partial charge in [0, 0.05) is 12.1 Å². The molecule has 0 saturated carbocycles. The van der Waals surface area contributed by atoms with Crippen LogP contribution >= 0.6 is 0 Å². The van der Waals surface area contributed by atoms with E-state index in [9.17, 15) is 9.90 Å². The van der Waals surface area contributed by atoms with E-state index in [1.807, 2.05) is 0 Å². The number of nitrogens with two attached hydrogens (primary N) is 1. The third-order valence-electron chi connectivity index (χ3n) is 2.62. The van der Waals surface area contributed by atoms with E-state index in [0.717, 1.165) is 0 Å². The predicted molar refractivity (Wildman–Crippen MR) is 76.4 cm³/mol. The molecule has 0 atom stereocenters. The average Bonchev–Trinajstić information content (AvgIpc) is 2.49. The van der Waals surface area contributed by atoms with Gasteiger partial charge in [-0.1, -0.05) is 0 Å². The molecule has 0 fully saturated rings. The van der Waals surface area contributed by atoms with Gasteiger partial charge in [0.1, 0.15) is 5.75 Å². The Morgan fingerprint density at radius 1 is 1.10 bits per heavy atom. The highest BCUT2D eigenvalue weighted by molar-refractivity contribution is 5.59. The number of phenols is 1. The Balaban J connectivity index is 2.21. The van der Waals surface area contributed by atoms with E-state index < -0.39 is 0 Å². The van der Waals surface area contributed by atoms with Gasteiger partial charge in [-0.15, -0.1) is 0 Å². The van der Waals surface area contributed by atoms with Gasteiger partial charge in [0.2, 0.25) is 0 Å². The second kappa shape index (κ2) is 6.38. The first kappa shape index (κ1) is 14.3. The van der Waals surface area contributed by atoms with Crippen molar-refractivity contribution in [1.29, 1.82) is 0 Å². The average molecular weight is 287 g/mol. The minimum Gasteiger partial charge on any atom is -0.504 e. The van der Waals surface area contributed by atoms with E-state index in [1.54, 1.807) is 24.3 Å². The molecule has 7 heteroatoms. The summed E-state index contributed by atoms with van der Waals surface area (Å²) in [5, 5.41) is 17.6. The summed E-state index contributed by atoms with van der Waals surface area (Å²) in [6.07, 6.45) is 0. The quantitative estimate of drug-likeness (QED) is 0.499. The number of benzene rings is 2. The number of anilines is 1. The minimum absolute atomic E-state index is 0.0538. The Labute approximate surface area is 120 Å². The largest absolute Gasteiger partial charge is 0.504 e. The fourth-order valence-electron chi connectivity index (χ4n) is 1.60. The molecule has 0 aliphatic carbocycles. The minimum atomic E-state index is -0.201. The van der Waals surface area contributed by atoms with Gasteiger partial charge in [0.25, 0.3) is 6.47 Å². The number of methoxy groups -OCH3 is 1. The van der Waals surface area contributed by atoms with Crippen LogP contribution in [0, 0.1) is 0 Å². The maximum Gasteiger partial charge on any atom is 0.298 e. The molecule has 0 bridgehead atoms. The summed E-state index contributed by atoms with van der Waals surface area (Å²) in [6.45, 7) is 0.233. The topological polar surface area (TPSA) is 106 Å². The molecule has 0 heterocycles. The van der Waals surface area contributed by atoms with Crippen LogP contribution in [-0.2, 0) is 4.79 Å². The first-order chi connectivity index (χ1) is 10.1. The summed E-state index contributed by atoms with van der Waals surface area (Å²) in [4.78, 5) is 10.2. The fourth-order valence-corrected chi connectivity index (χ4v) is 1.60. The smallest absolute Gasteiger partial charge is 0.298 e. The summed E-state index contributed by atoms with van der Waals surface area (Å²) >= 11 is 0. The molecular weight excluding hydrogens is 274 g/mol. The van der Waals surface area contributed by atoms with Gasteiger partial charge in [-0.3, -0.25) is 4.79 Å². The summed E-state index contributed by atoms with van der Waals surface area (Å²) < 4.78 is 9.65. The summed E-state index contributed by atoms with van der Waals surface area (Å²) in [5.74, 6) is 0.357. The van der Waals surface area contributed by atoms with E-state index >= 15 is 0 Å². The number of phenolic OH excluding ortho intramolecular Hbond substituents is 1. The van der Waals surface area contributed by atoms with Gasteiger partial charge in [0.05, 0.1) is 24.2 Å². The Bertz CT molecular complexity index is 686. The lowest BCUT2D eigenvalue weighted by molar-refractivity contribution is -0.120. The van der Waals surface area contributed by atoms with Crippen molar-refractivity contribution in [2.45, 2.75) is 0 Å².